The molecule has 0 aliphatic heterocycles. The van der Waals surface area contributed by atoms with Crippen molar-refractivity contribution in [2.75, 3.05) is 7.05 Å². The first-order valence-electron chi connectivity index (χ1n) is 7.15. The van der Waals surface area contributed by atoms with Crippen LogP contribution in [0.5, 0.6) is 0 Å². The molecule has 0 aliphatic rings. The number of hydrogen-bond acceptors (Lipinski definition) is 2. The van der Waals surface area contributed by atoms with Crippen LogP contribution in [0.2, 0.25) is 0 Å². The van der Waals surface area contributed by atoms with Crippen LogP contribution in [0.4, 0.5) is 0 Å². The Bertz CT molecular complexity index is 698. The summed E-state index contributed by atoms with van der Waals surface area (Å²) in [5.41, 5.74) is 4.86. The third kappa shape index (κ3) is 2.91. The quantitative estimate of drug-likeness (QED) is 0.756. The Morgan fingerprint density at radius 3 is 2.10 bits per heavy atom. The number of furan rings is 1. The first kappa shape index (κ1) is 13.7. The van der Waals surface area contributed by atoms with E-state index in [0.29, 0.717) is 0 Å². The zero-order chi connectivity index (χ0) is 14.7. The molecule has 0 spiro atoms. The maximum atomic E-state index is 5.42. The normalized spacial score (nSPS) is 12.3. The average molecular weight is 277 g/mol. The fourth-order valence-corrected chi connectivity index (χ4v) is 2.64. The van der Waals surface area contributed by atoms with Gasteiger partial charge < -0.3 is 9.73 Å². The van der Waals surface area contributed by atoms with Crippen molar-refractivity contribution in [2.45, 2.75) is 13.0 Å². The van der Waals surface area contributed by atoms with Crippen LogP contribution in [0.3, 0.4) is 0 Å². The van der Waals surface area contributed by atoms with Gasteiger partial charge >= 0.3 is 0 Å². The molecule has 0 aliphatic carbocycles. The number of aryl methyl sites for hydroxylation is 1. The molecule has 1 N–H and O–H groups in total. The summed E-state index contributed by atoms with van der Waals surface area (Å²) in [7, 11) is 1.97. The van der Waals surface area contributed by atoms with E-state index >= 15 is 0 Å². The fraction of sp³-hybridized carbons (Fsp3) is 0.158. The maximum absolute atomic E-state index is 5.42. The van der Waals surface area contributed by atoms with Crippen molar-refractivity contribution in [1.82, 2.24) is 5.32 Å². The number of nitrogens with one attached hydrogen (secondary N) is 1. The summed E-state index contributed by atoms with van der Waals surface area (Å²) in [6.45, 7) is 1.97. The van der Waals surface area contributed by atoms with Gasteiger partial charge in [0.25, 0.3) is 0 Å². The Morgan fingerprint density at radius 1 is 0.857 bits per heavy atom. The lowest BCUT2D eigenvalue weighted by molar-refractivity contribution is 0.528. The van der Waals surface area contributed by atoms with Crippen LogP contribution in [-0.4, -0.2) is 7.05 Å². The van der Waals surface area contributed by atoms with E-state index in [1.54, 1.807) is 0 Å². The van der Waals surface area contributed by atoms with E-state index in [1.807, 2.05) is 26.3 Å². The number of benzene rings is 2. The van der Waals surface area contributed by atoms with Gasteiger partial charge in [0.15, 0.2) is 0 Å². The second-order valence-electron chi connectivity index (χ2n) is 5.20. The standard InChI is InChI=1S/C19H19NO/c1-14-12-18(13-21-14)19(20-2)17-10-8-16(9-11-17)15-6-4-3-5-7-15/h3-13,19-20H,1-2H3. The molecular formula is C19H19NO. The molecule has 21 heavy (non-hydrogen) atoms. The molecule has 2 heteroatoms. The van der Waals surface area contributed by atoms with Gasteiger partial charge in [0.1, 0.15) is 5.76 Å². The molecule has 1 heterocycles. The van der Waals surface area contributed by atoms with Crippen LogP contribution < -0.4 is 5.32 Å². The fourth-order valence-electron chi connectivity index (χ4n) is 2.64. The van der Waals surface area contributed by atoms with Gasteiger partial charge in [-0.2, -0.15) is 0 Å². The molecule has 0 radical (unpaired) electrons. The third-order valence-corrected chi connectivity index (χ3v) is 3.72. The van der Waals surface area contributed by atoms with Crippen molar-refractivity contribution >= 4 is 0 Å². The Labute approximate surface area is 125 Å². The van der Waals surface area contributed by atoms with E-state index in [-0.39, 0.29) is 6.04 Å². The van der Waals surface area contributed by atoms with Gasteiger partial charge in [-0.15, -0.1) is 0 Å². The molecule has 1 aromatic heterocycles. The molecule has 0 fully saturated rings. The summed E-state index contributed by atoms with van der Waals surface area (Å²) < 4.78 is 5.42. The topological polar surface area (TPSA) is 25.2 Å². The second kappa shape index (κ2) is 5.98. The van der Waals surface area contributed by atoms with E-state index in [2.05, 4.69) is 59.9 Å². The van der Waals surface area contributed by atoms with Crippen LogP contribution >= 0.6 is 0 Å². The summed E-state index contributed by atoms with van der Waals surface area (Å²) in [6.07, 6.45) is 1.82. The van der Waals surface area contributed by atoms with Crippen LogP contribution in [0.15, 0.2) is 71.3 Å². The predicted molar refractivity (Wildman–Crippen MR) is 86.2 cm³/mol. The van der Waals surface area contributed by atoms with Gasteiger partial charge in [0, 0.05) is 5.56 Å². The molecule has 2 aromatic carbocycles. The third-order valence-electron chi connectivity index (χ3n) is 3.72. The minimum Gasteiger partial charge on any atom is -0.469 e. The summed E-state index contributed by atoms with van der Waals surface area (Å²) in [5.74, 6) is 0.936. The van der Waals surface area contributed by atoms with Gasteiger partial charge in [-0.25, -0.2) is 0 Å². The van der Waals surface area contributed by atoms with Crippen molar-refractivity contribution in [3.05, 3.63) is 83.8 Å². The highest BCUT2D eigenvalue weighted by Gasteiger charge is 2.14. The van der Waals surface area contributed by atoms with Crippen molar-refractivity contribution < 1.29 is 4.42 Å². The van der Waals surface area contributed by atoms with Gasteiger partial charge in [-0.1, -0.05) is 54.6 Å². The molecule has 2 nitrogen and oxygen atoms in total. The first-order valence-corrected chi connectivity index (χ1v) is 7.15. The molecule has 106 valence electrons. The monoisotopic (exact) mass is 277 g/mol. The highest BCUT2D eigenvalue weighted by molar-refractivity contribution is 5.63. The largest absolute Gasteiger partial charge is 0.469 e. The van der Waals surface area contributed by atoms with Crippen LogP contribution in [-0.2, 0) is 0 Å². The van der Waals surface area contributed by atoms with E-state index in [4.69, 9.17) is 4.42 Å². The SMILES string of the molecule is CNC(c1ccc(-c2ccccc2)cc1)c1coc(C)c1. The molecule has 0 bridgehead atoms. The first-order chi connectivity index (χ1) is 10.3. The van der Waals surface area contributed by atoms with Crippen molar-refractivity contribution in [3.63, 3.8) is 0 Å². The number of hydrogen-bond donors (Lipinski definition) is 1. The second-order valence-corrected chi connectivity index (χ2v) is 5.20. The zero-order valence-electron chi connectivity index (χ0n) is 12.3. The van der Waals surface area contributed by atoms with E-state index < -0.39 is 0 Å². The Hall–Kier alpha value is -2.32. The Balaban J connectivity index is 1.89. The zero-order valence-corrected chi connectivity index (χ0v) is 12.3. The molecule has 1 unspecified atom stereocenters. The highest BCUT2D eigenvalue weighted by atomic mass is 16.3. The summed E-state index contributed by atoms with van der Waals surface area (Å²) >= 11 is 0. The molecular weight excluding hydrogens is 258 g/mol. The Kier molecular flexibility index (Phi) is 3.89. The van der Waals surface area contributed by atoms with Gasteiger partial charge in [0.2, 0.25) is 0 Å². The van der Waals surface area contributed by atoms with Crippen LogP contribution in [0.1, 0.15) is 22.9 Å². The van der Waals surface area contributed by atoms with Gasteiger partial charge in [0.05, 0.1) is 12.3 Å². The smallest absolute Gasteiger partial charge is 0.101 e. The van der Waals surface area contributed by atoms with Gasteiger partial charge in [-0.05, 0) is 36.7 Å². The minimum absolute atomic E-state index is 0.160. The van der Waals surface area contributed by atoms with E-state index in [9.17, 15) is 0 Å². The molecule has 3 aromatic rings. The van der Waals surface area contributed by atoms with Gasteiger partial charge in [-0.3, -0.25) is 0 Å². The summed E-state index contributed by atoms with van der Waals surface area (Å²) in [6, 6.07) is 21.3. The highest BCUT2D eigenvalue weighted by Crippen LogP contribution is 2.26. The lowest BCUT2D eigenvalue weighted by Gasteiger charge is -2.15. The number of rotatable bonds is 4. The molecule has 0 saturated heterocycles. The maximum Gasteiger partial charge on any atom is 0.101 e. The average Bonchev–Trinajstić information content (AvgIpc) is 2.96. The predicted octanol–water partition coefficient (Wildman–Crippen LogP) is 4.56. The summed E-state index contributed by atoms with van der Waals surface area (Å²) in [4.78, 5) is 0. The molecule has 0 amide bonds. The van der Waals surface area contributed by atoms with Crippen LogP contribution in [0.25, 0.3) is 11.1 Å². The van der Waals surface area contributed by atoms with E-state index in [1.165, 1.54) is 16.7 Å². The lowest BCUT2D eigenvalue weighted by atomic mass is 9.98. The van der Waals surface area contributed by atoms with E-state index in [0.717, 1.165) is 11.3 Å². The van der Waals surface area contributed by atoms with Crippen molar-refractivity contribution in [3.8, 4) is 11.1 Å². The lowest BCUT2D eigenvalue weighted by Crippen LogP contribution is -2.16. The minimum atomic E-state index is 0.160. The van der Waals surface area contributed by atoms with Crippen molar-refractivity contribution in [1.29, 1.82) is 0 Å². The Morgan fingerprint density at radius 2 is 1.52 bits per heavy atom. The molecule has 3 rings (SSSR count). The van der Waals surface area contributed by atoms with Crippen molar-refractivity contribution in [2.24, 2.45) is 0 Å². The summed E-state index contributed by atoms with van der Waals surface area (Å²) in [5, 5.41) is 3.35. The molecule has 1 atom stereocenters. The molecule has 0 saturated carbocycles. The van der Waals surface area contributed by atoms with Crippen LogP contribution in [0, 0.1) is 6.92 Å².